The normalized spacial score (nSPS) is 17.4. The predicted octanol–water partition coefficient (Wildman–Crippen LogP) is 2.82. The molecule has 7 nitrogen and oxygen atoms in total. The van der Waals surface area contributed by atoms with Crippen molar-refractivity contribution in [2.45, 2.75) is 18.8 Å². The fourth-order valence-corrected chi connectivity index (χ4v) is 2.07. The predicted molar refractivity (Wildman–Crippen MR) is 66.9 cm³/mol. The van der Waals surface area contributed by atoms with E-state index >= 15 is 0 Å². The molecule has 0 atom stereocenters. The zero-order chi connectivity index (χ0) is 14.8. The van der Waals surface area contributed by atoms with Crippen molar-refractivity contribution in [1.29, 1.82) is 0 Å². The van der Waals surface area contributed by atoms with Crippen LogP contribution in [0.5, 0.6) is 0 Å². The number of aromatic nitrogens is 2. The average molecular weight is 303 g/mol. The first-order valence-electron chi connectivity index (χ1n) is 5.68. The number of halogens is 3. The van der Waals surface area contributed by atoms with Crippen LogP contribution in [0, 0.1) is 0 Å². The van der Waals surface area contributed by atoms with E-state index < -0.39 is 11.8 Å². The Morgan fingerprint density at radius 3 is 2.70 bits per heavy atom. The molecule has 10 heteroatoms. The highest BCUT2D eigenvalue weighted by Crippen LogP contribution is 2.31. The first-order chi connectivity index (χ1) is 9.43. The van der Waals surface area contributed by atoms with Gasteiger partial charge in [0.05, 0.1) is 6.20 Å². The third-order valence-corrected chi connectivity index (χ3v) is 3.11. The van der Waals surface area contributed by atoms with Gasteiger partial charge in [0.1, 0.15) is 5.69 Å². The van der Waals surface area contributed by atoms with Crippen LogP contribution in [0.3, 0.4) is 0 Å². The Bertz CT molecular complexity index is 579. The van der Waals surface area contributed by atoms with E-state index in [9.17, 15) is 13.6 Å². The van der Waals surface area contributed by atoms with Crippen LogP contribution in [0.4, 0.5) is 14.6 Å². The number of alkyl halides is 2. The average Bonchev–Trinajstić information content (AvgIpc) is 2.39. The summed E-state index contributed by atoms with van der Waals surface area (Å²) in [5.74, 6) is -3.34. The maximum atomic E-state index is 13.1. The van der Waals surface area contributed by atoms with E-state index in [4.69, 9.17) is 17.1 Å². The summed E-state index contributed by atoms with van der Waals surface area (Å²) in [5, 5.41) is 2.78. The lowest BCUT2D eigenvalue weighted by Gasteiger charge is -2.32. The monoisotopic (exact) mass is 302 g/mol. The number of anilines is 1. The van der Waals surface area contributed by atoms with E-state index in [0.29, 0.717) is 0 Å². The molecular formula is C10H9ClF2N6O. The molecule has 0 bridgehead atoms. The molecule has 0 aliphatic carbocycles. The van der Waals surface area contributed by atoms with Gasteiger partial charge >= 0.3 is 0 Å². The molecule has 1 fully saturated rings. The maximum absolute atomic E-state index is 13.1. The van der Waals surface area contributed by atoms with E-state index in [1.54, 1.807) is 4.90 Å². The summed E-state index contributed by atoms with van der Waals surface area (Å²) in [6, 6.07) is 0. The Balaban J connectivity index is 2.18. The van der Waals surface area contributed by atoms with Crippen LogP contribution >= 0.6 is 11.6 Å². The molecule has 1 amide bonds. The van der Waals surface area contributed by atoms with E-state index in [-0.39, 0.29) is 42.6 Å². The highest BCUT2D eigenvalue weighted by atomic mass is 35.5. The molecule has 1 aliphatic heterocycles. The Labute approximate surface area is 117 Å². The molecule has 2 heterocycles. The second-order valence-electron chi connectivity index (χ2n) is 4.21. The van der Waals surface area contributed by atoms with Crippen LogP contribution in [0.2, 0.25) is 5.15 Å². The number of hydrogen-bond donors (Lipinski definition) is 0. The zero-order valence-corrected chi connectivity index (χ0v) is 10.9. The lowest BCUT2D eigenvalue weighted by atomic mass is 10.1. The van der Waals surface area contributed by atoms with Gasteiger partial charge in [-0.2, -0.15) is 0 Å². The minimum absolute atomic E-state index is 0.0887. The Hall–Kier alpha value is -1.99. The van der Waals surface area contributed by atoms with Gasteiger partial charge in [-0.05, 0) is 10.6 Å². The fourth-order valence-electron chi connectivity index (χ4n) is 1.81. The number of carbonyl (C=O) groups excluding carboxylic acids is 1. The van der Waals surface area contributed by atoms with Crippen LogP contribution in [0.1, 0.15) is 23.3 Å². The van der Waals surface area contributed by atoms with Crippen molar-refractivity contribution in [3.8, 4) is 0 Å². The summed E-state index contributed by atoms with van der Waals surface area (Å²) in [6.07, 6.45) is 0.528. The van der Waals surface area contributed by atoms with Crippen LogP contribution in [0.15, 0.2) is 11.3 Å². The summed E-state index contributed by atoms with van der Waals surface area (Å²) in [7, 11) is 0. The van der Waals surface area contributed by atoms with Gasteiger partial charge in [0.25, 0.3) is 11.8 Å². The molecule has 1 aromatic heterocycles. The van der Waals surface area contributed by atoms with Crippen LogP contribution in [-0.4, -0.2) is 34.9 Å². The first kappa shape index (κ1) is 14.4. The van der Waals surface area contributed by atoms with Gasteiger partial charge in [-0.15, -0.1) is 0 Å². The molecule has 0 spiro atoms. The summed E-state index contributed by atoms with van der Waals surface area (Å²) in [4.78, 5) is 22.9. The van der Waals surface area contributed by atoms with E-state index in [1.807, 2.05) is 0 Å². The minimum atomic E-state index is -2.67. The van der Waals surface area contributed by atoms with E-state index in [2.05, 4.69) is 20.0 Å². The highest BCUT2D eigenvalue weighted by molar-refractivity contribution is 6.31. The Morgan fingerprint density at radius 2 is 2.15 bits per heavy atom. The molecule has 0 saturated carbocycles. The van der Waals surface area contributed by atoms with Crippen LogP contribution in [0.25, 0.3) is 10.4 Å². The minimum Gasteiger partial charge on any atom is -0.354 e. The third-order valence-electron chi connectivity index (χ3n) is 2.86. The quantitative estimate of drug-likeness (QED) is 0.477. The molecule has 1 aliphatic rings. The molecule has 0 radical (unpaired) electrons. The molecule has 106 valence electrons. The zero-order valence-electron chi connectivity index (χ0n) is 10.1. The van der Waals surface area contributed by atoms with E-state index in [0.717, 1.165) is 6.20 Å². The van der Waals surface area contributed by atoms with Crippen molar-refractivity contribution in [1.82, 2.24) is 9.97 Å². The maximum Gasteiger partial charge on any atom is 0.269 e. The first-order valence-corrected chi connectivity index (χ1v) is 6.05. The van der Waals surface area contributed by atoms with Crippen LogP contribution < -0.4 is 4.90 Å². The molecular weight excluding hydrogens is 294 g/mol. The number of rotatable bonds is 2. The molecule has 1 saturated heterocycles. The lowest BCUT2D eigenvalue weighted by molar-refractivity contribution is -0.0221. The number of nitrogens with zero attached hydrogens (tertiary/aromatic N) is 6. The third kappa shape index (κ3) is 3.12. The molecule has 20 heavy (non-hydrogen) atoms. The molecule has 0 aromatic carbocycles. The molecule has 2 rings (SSSR count). The second-order valence-corrected chi connectivity index (χ2v) is 4.57. The Kier molecular flexibility index (Phi) is 4.01. The number of piperidine rings is 1. The second kappa shape index (κ2) is 5.56. The standard InChI is InChI=1S/C10H9ClF2N6O/c11-7-8(19-3-1-10(12,13)2-4-19)15-5-6(16-7)9(20)17-18-14/h5H,1-4H2. The molecule has 0 unspecified atom stereocenters. The lowest BCUT2D eigenvalue weighted by Crippen LogP contribution is -2.40. The summed E-state index contributed by atoms with van der Waals surface area (Å²) in [6.45, 7) is 0.204. The van der Waals surface area contributed by atoms with Gasteiger partial charge in [-0.1, -0.05) is 11.6 Å². The van der Waals surface area contributed by atoms with Gasteiger partial charge in [-0.3, -0.25) is 4.79 Å². The van der Waals surface area contributed by atoms with Gasteiger partial charge < -0.3 is 4.90 Å². The van der Waals surface area contributed by atoms with Crippen molar-refractivity contribution in [2.24, 2.45) is 5.11 Å². The smallest absolute Gasteiger partial charge is 0.269 e. The Morgan fingerprint density at radius 1 is 1.50 bits per heavy atom. The summed E-state index contributed by atoms with van der Waals surface area (Å²) >= 11 is 5.89. The SMILES string of the molecule is [N-]=[N+]=NC(=O)c1cnc(N2CCC(F)(F)CC2)c(Cl)n1. The number of hydrogen-bond acceptors (Lipinski definition) is 4. The molecule has 0 N–H and O–H groups in total. The van der Waals surface area contributed by atoms with Gasteiger partial charge in [0.2, 0.25) is 0 Å². The van der Waals surface area contributed by atoms with Gasteiger partial charge in [-0.25, -0.2) is 18.7 Å². The van der Waals surface area contributed by atoms with Crippen molar-refractivity contribution >= 4 is 23.3 Å². The number of amides is 1. The number of azide groups is 1. The van der Waals surface area contributed by atoms with Gasteiger partial charge in [0, 0.05) is 30.8 Å². The number of carbonyl (C=O) groups is 1. The highest BCUT2D eigenvalue weighted by Gasteiger charge is 2.35. The summed E-state index contributed by atoms with van der Waals surface area (Å²) in [5.41, 5.74) is 7.96. The fraction of sp³-hybridized carbons (Fsp3) is 0.500. The van der Waals surface area contributed by atoms with Crippen molar-refractivity contribution < 1.29 is 13.6 Å². The largest absolute Gasteiger partial charge is 0.354 e. The van der Waals surface area contributed by atoms with E-state index in [1.165, 1.54) is 0 Å². The topological polar surface area (TPSA) is 94.9 Å². The van der Waals surface area contributed by atoms with Gasteiger partial charge in [0.15, 0.2) is 11.0 Å². The molecule has 1 aromatic rings. The van der Waals surface area contributed by atoms with Crippen molar-refractivity contribution in [3.05, 3.63) is 27.5 Å². The van der Waals surface area contributed by atoms with Crippen molar-refractivity contribution in [3.63, 3.8) is 0 Å². The summed E-state index contributed by atoms with van der Waals surface area (Å²) < 4.78 is 26.1. The van der Waals surface area contributed by atoms with Crippen molar-refractivity contribution in [2.75, 3.05) is 18.0 Å². The van der Waals surface area contributed by atoms with Crippen LogP contribution in [-0.2, 0) is 0 Å².